The highest BCUT2D eigenvalue weighted by atomic mass is 79.9. The lowest BCUT2D eigenvalue weighted by molar-refractivity contribution is 0.477. The molecule has 1 aromatic rings. The van der Waals surface area contributed by atoms with Crippen molar-refractivity contribution in [3.63, 3.8) is 0 Å². The first-order chi connectivity index (χ1) is 8.16. The van der Waals surface area contributed by atoms with Crippen molar-refractivity contribution in [3.05, 3.63) is 19.8 Å². The molecule has 0 unspecified atom stereocenters. The SMILES string of the molecule is CN1C(N)=N[C@](C)(c2cc(Br)sc2Cl)CS1(=O)=O. The van der Waals surface area contributed by atoms with Crippen LogP contribution in [0, 0.1) is 0 Å². The van der Waals surface area contributed by atoms with Gasteiger partial charge in [0.05, 0.1) is 13.9 Å². The van der Waals surface area contributed by atoms with E-state index in [9.17, 15) is 8.42 Å². The Kier molecular flexibility index (Phi) is 3.42. The molecule has 1 aliphatic rings. The Labute approximate surface area is 123 Å². The van der Waals surface area contributed by atoms with Crippen LogP contribution in [0.2, 0.25) is 4.34 Å². The van der Waals surface area contributed by atoms with E-state index in [1.807, 2.05) is 0 Å². The van der Waals surface area contributed by atoms with Gasteiger partial charge in [0.1, 0.15) is 5.54 Å². The highest BCUT2D eigenvalue weighted by Crippen LogP contribution is 2.41. The number of nitrogens with two attached hydrogens (primary N) is 1. The van der Waals surface area contributed by atoms with Crippen LogP contribution in [0.25, 0.3) is 0 Å². The quantitative estimate of drug-likeness (QED) is 0.819. The van der Waals surface area contributed by atoms with Crippen molar-refractivity contribution in [3.8, 4) is 0 Å². The van der Waals surface area contributed by atoms with Gasteiger partial charge in [0.25, 0.3) is 0 Å². The maximum absolute atomic E-state index is 12.0. The van der Waals surface area contributed by atoms with Gasteiger partial charge in [-0.2, -0.15) is 0 Å². The number of sulfonamides is 1. The van der Waals surface area contributed by atoms with Crippen LogP contribution >= 0.6 is 38.9 Å². The van der Waals surface area contributed by atoms with Gasteiger partial charge in [-0.3, -0.25) is 0 Å². The molecule has 0 saturated heterocycles. The minimum absolute atomic E-state index is 0.0258. The molecule has 0 radical (unpaired) electrons. The minimum atomic E-state index is -3.47. The molecule has 0 fully saturated rings. The summed E-state index contributed by atoms with van der Waals surface area (Å²) in [5.74, 6) is -0.178. The third-order valence-corrected chi connectivity index (χ3v) is 6.61. The van der Waals surface area contributed by atoms with E-state index in [4.69, 9.17) is 17.3 Å². The number of hydrogen-bond acceptors (Lipinski definition) is 5. The number of thiophene rings is 1. The molecule has 0 saturated carbocycles. The fraction of sp³-hybridized carbons (Fsp3) is 0.444. The van der Waals surface area contributed by atoms with Crippen LogP contribution in [0.15, 0.2) is 14.8 Å². The van der Waals surface area contributed by atoms with Crippen LogP contribution in [0.5, 0.6) is 0 Å². The van der Waals surface area contributed by atoms with Crippen LogP contribution in [-0.4, -0.2) is 31.5 Å². The summed E-state index contributed by atoms with van der Waals surface area (Å²) in [5, 5.41) is 0. The van der Waals surface area contributed by atoms with Crippen LogP contribution < -0.4 is 5.73 Å². The minimum Gasteiger partial charge on any atom is -0.369 e. The number of guanidine groups is 1. The fourth-order valence-electron chi connectivity index (χ4n) is 1.80. The summed E-state index contributed by atoms with van der Waals surface area (Å²) in [4.78, 5) is 4.28. The van der Waals surface area contributed by atoms with Crippen molar-refractivity contribution in [1.82, 2.24) is 4.31 Å². The van der Waals surface area contributed by atoms with Gasteiger partial charge < -0.3 is 5.73 Å². The van der Waals surface area contributed by atoms with Gasteiger partial charge in [-0.15, -0.1) is 11.3 Å². The van der Waals surface area contributed by atoms with Crippen LogP contribution in [-0.2, 0) is 15.6 Å². The molecule has 0 spiro atoms. The largest absolute Gasteiger partial charge is 0.369 e. The summed E-state index contributed by atoms with van der Waals surface area (Å²) in [6, 6.07) is 1.78. The maximum atomic E-state index is 12.0. The zero-order valence-electron chi connectivity index (χ0n) is 9.65. The van der Waals surface area contributed by atoms with E-state index in [1.165, 1.54) is 18.4 Å². The third kappa shape index (κ3) is 2.26. The second-order valence-corrected chi connectivity index (χ2v) is 9.24. The average molecular weight is 373 g/mol. The van der Waals surface area contributed by atoms with E-state index in [2.05, 4.69) is 20.9 Å². The lowest BCUT2D eigenvalue weighted by Gasteiger charge is -2.34. The second-order valence-electron chi connectivity index (χ2n) is 4.21. The average Bonchev–Trinajstić information content (AvgIpc) is 2.54. The first-order valence-electron chi connectivity index (χ1n) is 4.93. The molecule has 18 heavy (non-hydrogen) atoms. The van der Waals surface area contributed by atoms with Gasteiger partial charge in [0.2, 0.25) is 16.0 Å². The molecule has 0 bridgehead atoms. The van der Waals surface area contributed by atoms with Crippen LogP contribution in [0.1, 0.15) is 12.5 Å². The lowest BCUT2D eigenvalue weighted by atomic mass is 9.98. The topological polar surface area (TPSA) is 75.8 Å². The summed E-state index contributed by atoms with van der Waals surface area (Å²) in [6.45, 7) is 1.71. The van der Waals surface area contributed by atoms with Crippen LogP contribution in [0.4, 0.5) is 0 Å². The second kappa shape index (κ2) is 4.36. The lowest BCUT2D eigenvalue weighted by Crippen LogP contribution is -2.50. The Morgan fingerprint density at radius 2 is 2.28 bits per heavy atom. The highest BCUT2D eigenvalue weighted by molar-refractivity contribution is 9.11. The number of halogens is 2. The molecule has 0 amide bonds. The van der Waals surface area contributed by atoms with Crippen molar-refractivity contribution < 1.29 is 8.42 Å². The van der Waals surface area contributed by atoms with Crippen molar-refractivity contribution in [1.29, 1.82) is 0 Å². The Morgan fingerprint density at radius 3 is 2.72 bits per heavy atom. The molecular weight excluding hydrogens is 362 g/mol. The van der Waals surface area contributed by atoms with E-state index in [1.54, 1.807) is 13.0 Å². The third-order valence-electron chi connectivity index (χ3n) is 2.80. The fourth-order valence-corrected chi connectivity index (χ4v) is 5.48. The molecule has 5 nitrogen and oxygen atoms in total. The Balaban J connectivity index is 2.60. The Hall–Kier alpha value is -0.310. The van der Waals surface area contributed by atoms with Gasteiger partial charge in [0, 0.05) is 12.6 Å². The summed E-state index contributed by atoms with van der Waals surface area (Å²) in [6.07, 6.45) is 0. The highest BCUT2D eigenvalue weighted by Gasteiger charge is 2.41. The molecule has 2 N–H and O–H groups in total. The predicted molar refractivity (Wildman–Crippen MR) is 77.6 cm³/mol. The van der Waals surface area contributed by atoms with Gasteiger partial charge in [0.15, 0.2) is 0 Å². The number of aliphatic imine (C=N–C) groups is 1. The Morgan fingerprint density at radius 1 is 1.67 bits per heavy atom. The number of rotatable bonds is 1. The maximum Gasteiger partial charge on any atom is 0.239 e. The van der Waals surface area contributed by atoms with E-state index in [0.29, 0.717) is 9.90 Å². The smallest absolute Gasteiger partial charge is 0.239 e. The summed E-state index contributed by atoms with van der Waals surface area (Å²) >= 11 is 10.8. The summed E-state index contributed by atoms with van der Waals surface area (Å²) in [7, 11) is -2.08. The number of nitrogens with zero attached hydrogens (tertiary/aromatic N) is 2. The first-order valence-corrected chi connectivity index (χ1v) is 8.53. The van der Waals surface area contributed by atoms with Gasteiger partial charge in [-0.1, -0.05) is 11.6 Å². The van der Waals surface area contributed by atoms with Gasteiger partial charge in [-0.05, 0) is 28.9 Å². The molecular formula is C9H11BrClN3O2S2. The predicted octanol–water partition coefficient (Wildman–Crippen LogP) is 1.97. The van der Waals surface area contributed by atoms with Crippen molar-refractivity contribution in [2.24, 2.45) is 10.7 Å². The Bertz CT molecular complexity index is 628. The molecule has 0 aromatic carbocycles. The standard InChI is InChI=1S/C9H11BrClN3O2S2/c1-9(5-3-6(10)17-7(5)11)4-18(15,16)14(2)8(12)13-9/h3H,4H2,1-2H3,(H2,12,13)/t9-/m0/s1. The summed E-state index contributed by atoms with van der Waals surface area (Å²) < 4.78 is 26.4. The molecule has 9 heteroatoms. The molecule has 2 rings (SSSR count). The van der Waals surface area contributed by atoms with Crippen molar-refractivity contribution >= 4 is 54.9 Å². The van der Waals surface area contributed by atoms with E-state index in [0.717, 1.165) is 8.09 Å². The monoisotopic (exact) mass is 371 g/mol. The number of hydrogen-bond donors (Lipinski definition) is 1. The molecule has 0 aliphatic carbocycles. The van der Waals surface area contributed by atoms with E-state index >= 15 is 0 Å². The molecule has 100 valence electrons. The van der Waals surface area contributed by atoms with Gasteiger partial charge in [-0.25, -0.2) is 17.7 Å². The first kappa shape index (κ1) is 14.1. The zero-order valence-corrected chi connectivity index (χ0v) is 13.6. The zero-order chi connectivity index (χ0) is 13.7. The van der Waals surface area contributed by atoms with E-state index in [-0.39, 0.29) is 11.7 Å². The van der Waals surface area contributed by atoms with Crippen molar-refractivity contribution in [2.75, 3.05) is 12.8 Å². The molecule has 2 heterocycles. The molecule has 1 aromatic heterocycles. The molecule has 1 aliphatic heterocycles. The van der Waals surface area contributed by atoms with E-state index < -0.39 is 15.6 Å². The van der Waals surface area contributed by atoms with Crippen LogP contribution in [0.3, 0.4) is 0 Å². The van der Waals surface area contributed by atoms with Crippen molar-refractivity contribution in [2.45, 2.75) is 12.5 Å². The molecule has 1 atom stereocenters. The summed E-state index contributed by atoms with van der Waals surface area (Å²) in [5.41, 5.74) is 5.39. The normalized spacial score (nSPS) is 27.1. The van der Waals surface area contributed by atoms with Gasteiger partial charge >= 0.3 is 0 Å².